The van der Waals surface area contributed by atoms with Crippen LogP contribution >= 0.6 is 0 Å². The molecule has 2 fully saturated rings. The first-order valence-electron chi connectivity index (χ1n) is 7.37. The van der Waals surface area contributed by atoms with E-state index in [9.17, 15) is 10.1 Å². The molecule has 0 aromatic rings. The highest BCUT2D eigenvalue weighted by Gasteiger charge is 2.40. The summed E-state index contributed by atoms with van der Waals surface area (Å²) in [4.78, 5) is 12.3. The van der Waals surface area contributed by atoms with Gasteiger partial charge < -0.3 is 5.32 Å². The molecule has 1 N–H and O–H groups in total. The molecular formula is C15H24N2O. The molecule has 0 bridgehead atoms. The van der Waals surface area contributed by atoms with Gasteiger partial charge in [0.25, 0.3) is 0 Å². The standard InChI is InChI=1S/C15H24N2O/c1-12-6-5-7-13(12)10-17-14(18)15(11-16)8-3-2-4-9-15/h12-13H,2-10H2,1H3,(H,17,18). The van der Waals surface area contributed by atoms with Crippen LogP contribution in [-0.4, -0.2) is 12.5 Å². The van der Waals surface area contributed by atoms with E-state index in [0.717, 1.165) is 44.6 Å². The highest BCUT2D eigenvalue weighted by Crippen LogP contribution is 2.36. The average molecular weight is 248 g/mol. The normalized spacial score (nSPS) is 30.7. The van der Waals surface area contributed by atoms with Gasteiger partial charge in [-0.2, -0.15) is 5.26 Å². The summed E-state index contributed by atoms with van der Waals surface area (Å²) in [5, 5.41) is 12.4. The molecule has 2 saturated carbocycles. The van der Waals surface area contributed by atoms with E-state index >= 15 is 0 Å². The fourth-order valence-electron chi connectivity index (χ4n) is 3.46. The number of carbonyl (C=O) groups excluding carboxylic acids is 1. The van der Waals surface area contributed by atoms with E-state index in [1.807, 2.05) is 0 Å². The van der Waals surface area contributed by atoms with Gasteiger partial charge in [0, 0.05) is 6.54 Å². The van der Waals surface area contributed by atoms with Crippen LogP contribution in [0.3, 0.4) is 0 Å². The van der Waals surface area contributed by atoms with E-state index in [2.05, 4.69) is 18.3 Å². The molecule has 2 aliphatic rings. The summed E-state index contributed by atoms with van der Waals surface area (Å²) in [5.41, 5.74) is -0.722. The molecule has 0 aromatic heterocycles. The van der Waals surface area contributed by atoms with Gasteiger partial charge in [0.15, 0.2) is 0 Å². The van der Waals surface area contributed by atoms with E-state index in [1.165, 1.54) is 19.3 Å². The van der Waals surface area contributed by atoms with Gasteiger partial charge >= 0.3 is 0 Å². The zero-order valence-corrected chi connectivity index (χ0v) is 11.4. The molecule has 0 aliphatic heterocycles. The molecule has 0 radical (unpaired) electrons. The molecule has 2 rings (SSSR count). The third-order valence-corrected chi connectivity index (χ3v) is 4.92. The highest BCUT2D eigenvalue weighted by molar-refractivity contribution is 5.85. The van der Waals surface area contributed by atoms with Gasteiger partial charge in [-0.3, -0.25) is 4.79 Å². The van der Waals surface area contributed by atoms with E-state index in [-0.39, 0.29) is 5.91 Å². The van der Waals surface area contributed by atoms with Gasteiger partial charge in [0.05, 0.1) is 6.07 Å². The number of carbonyl (C=O) groups is 1. The lowest BCUT2D eigenvalue weighted by Crippen LogP contribution is -2.43. The smallest absolute Gasteiger partial charge is 0.240 e. The van der Waals surface area contributed by atoms with Crippen molar-refractivity contribution in [2.24, 2.45) is 17.3 Å². The molecule has 0 saturated heterocycles. The van der Waals surface area contributed by atoms with Crippen LogP contribution < -0.4 is 5.32 Å². The lowest BCUT2D eigenvalue weighted by atomic mass is 9.74. The van der Waals surface area contributed by atoms with Gasteiger partial charge in [-0.15, -0.1) is 0 Å². The van der Waals surface area contributed by atoms with Crippen molar-refractivity contribution >= 4 is 5.91 Å². The first-order valence-corrected chi connectivity index (χ1v) is 7.37. The van der Waals surface area contributed by atoms with Crippen molar-refractivity contribution in [2.45, 2.75) is 58.3 Å². The minimum absolute atomic E-state index is 0.0104. The third-order valence-electron chi connectivity index (χ3n) is 4.92. The molecule has 100 valence electrons. The lowest BCUT2D eigenvalue weighted by molar-refractivity contribution is -0.129. The zero-order valence-electron chi connectivity index (χ0n) is 11.4. The Kier molecular flexibility index (Phi) is 4.27. The van der Waals surface area contributed by atoms with Crippen LogP contribution in [0, 0.1) is 28.6 Å². The SMILES string of the molecule is CC1CCCC1CNC(=O)C1(C#N)CCCCC1. The minimum Gasteiger partial charge on any atom is -0.354 e. The molecule has 2 atom stereocenters. The molecule has 0 heterocycles. The number of nitrogens with zero attached hydrogens (tertiary/aromatic N) is 1. The number of nitriles is 1. The summed E-state index contributed by atoms with van der Waals surface area (Å²) in [6.07, 6.45) is 8.47. The lowest BCUT2D eigenvalue weighted by Gasteiger charge is -2.30. The van der Waals surface area contributed by atoms with E-state index in [0.29, 0.717) is 5.92 Å². The molecule has 2 aliphatic carbocycles. The fourth-order valence-corrected chi connectivity index (χ4v) is 3.46. The predicted octanol–water partition coefficient (Wildman–Crippen LogP) is 3.01. The maximum Gasteiger partial charge on any atom is 0.240 e. The van der Waals surface area contributed by atoms with E-state index in [1.54, 1.807) is 0 Å². The summed E-state index contributed by atoms with van der Waals surface area (Å²) in [7, 11) is 0. The first kappa shape index (κ1) is 13.4. The number of hydrogen-bond acceptors (Lipinski definition) is 2. The molecular weight excluding hydrogens is 224 g/mol. The van der Waals surface area contributed by atoms with Gasteiger partial charge in [0.2, 0.25) is 5.91 Å². The van der Waals surface area contributed by atoms with Gasteiger partial charge in [-0.25, -0.2) is 0 Å². The zero-order chi connectivity index (χ0) is 13.0. The molecule has 0 spiro atoms. The molecule has 3 nitrogen and oxygen atoms in total. The average Bonchev–Trinajstić information content (AvgIpc) is 2.82. The molecule has 3 heteroatoms. The Morgan fingerprint density at radius 2 is 2.00 bits per heavy atom. The third kappa shape index (κ3) is 2.68. The Bertz CT molecular complexity index is 339. The van der Waals surface area contributed by atoms with Crippen molar-refractivity contribution in [1.82, 2.24) is 5.32 Å². The molecule has 0 aromatic carbocycles. The van der Waals surface area contributed by atoms with Crippen molar-refractivity contribution in [3.63, 3.8) is 0 Å². The molecule has 18 heavy (non-hydrogen) atoms. The Morgan fingerprint density at radius 1 is 1.28 bits per heavy atom. The van der Waals surface area contributed by atoms with Crippen LogP contribution in [-0.2, 0) is 4.79 Å². The van der Waals surface area contributed by atoms with E-state index < -0.39 is 5.41 Å². The Hall–Kier alpha value is -1.04. The summed E-state index contributed by atoms with van der Waals surface area (Å²) >= 11 is 0. The topological polar surface area (TPSA) is 52.9 Å². The van der Waals surface area contributed by atoms with Gasteiger partial charge in [0.1, 0.15) is 5.41 Å². The summed E-state index contributed by atoms with van der Waals surface area (Å²) in [5.74, 6) is 1.33. The van der Waals surface area contributed by atoms with Crippen molar-refractivity contribution in [2.75, 3.05) is 6.54 Å². The summed E-state index contributed by atoms with van der Waals surface area (Å²) < 4.78 is 0. The number of amides is 1. The monoisotopic (exact) mass is 248 g/mol. The maximum atomic E-state index is 12.3. The van der Waals surface area contributed by atoms with Gasteiger partial charge in [-0.1, -0.05) is 39.0 Å². The number of nitrogens with one attached hydrogen (secondary N) is 1. The Labute approximate surface area is 110 Å². The summed E-state index contributed by atoms with van der Waals surface area (Å²) in [6, 6.07) is 2.29. The largest absolute Gasteiger partial charge is 0.354 e. The van der Waals surface area contributed by atoms with Crippen molar-refractivity contribution in [1.29, 1.82) is 5.26 Å². The van der Waals surface area contributed by atoms with Crippen LogP contribution in [0.15, 0.2) is 0 Å². The van der Waals surface area contributed by atoms with Crippen LogP contribution in [0.2, 0.25) is 0 Å². The highest BCUT2D eigenvalue weighted by atomic mass is 16.2. The van der Waals surface area contributed by atoms with Crippen LogP contribution in [0.1, 0.15) is 58.3 Å². The minimum atomic E-state index is -0.722. The van der Waals surface area contributed by atoms with Crippen LogP contribution in [0.25, 0.3) is 0 Å². The Balaban J connectivity index is 1.88. The number of hydrogen-bond donors (Lipinski definition) is 1. The van der Waals surface area contributed by atoms with Crippen LogP contribution in [0.5, 0.6) is 0 Å². The Morgan fingerprint density at radius 3 is 2.56 bits per heavy atom. The van der Waals surface area contributed by atoms with E-state index in [4.69, 9.17) is 0 Å². The fraction of sp³-hybridized carbons (Fsp3) is 0.867. The van der Waals surface area contributed by atoms with Gasteiger partial charge in [-0.05, 0) is 31.1 Å². The second kappa shape index (κ2) is 5.73. The predicted molar refractivity (Wildman–Crippen MR) is 70.6 cm³/mol. The quantitative estimate of drug-likeness (QED) is 0.834. The molecule has 2 unspecified atom stereocenters. The first-order chi connectivity index (χ1) is 8.68. The van der Waals surface area contributed by atoms with Crippen molar-refractivity contribution in [3.05, 3.63) is 0 Å². The summed E-state index contributed by atoms with van der Waals surface area (Å²) in [6.45, 7) is 3.04. The van der Waals surface area contributed by atoms with Crippen LogP contribution in [0.4, 0.5) is 0 Å². The molecule has 1 amide bonds. The maximum absolute atomic E-state index is 12.3. The number of rotatable bonds is 3. The second-order valence-electron chi connectivity index (χ2n) is 6.13. The van der Waals surface area contributed by atoms with Crippen molar-refractivity contribution < 1.29 is 4.79 Å². The second-order valence-corrected chi connectivity index (χ2v) is 6.13. The van der Waals surface area contributed by atoms with Crippen molar-refractivity contribution in [3.8, 4) is 6.07 Å².